The number of nitrogens with one attached hydrogen (secondary N) is 2. The second-order valence-electron chi connectivity index (χ2n) is 11.5. The summed E-state index contributed by atoms with van der Waals surface area (Å²) < 4.78 is 11.4. The van der Waals surface area contributed by atoms with Gasteiger partial charge in [0, 0.05) is 29.7 Å². The number of ether oxygens (including phenoxy) is 2. The topological polar surface area (TPSA) is 148 Å². The van der Waals surface area contributed by atoms with E-state index in [1.807, 2.05) is 19.3 Å². The minimum absolute atomic E-state index is 0.0226. The maximum absolute atomic E-state index is 13.7. The Labute approximate surface area is 229 Å². The van der Waals surface area contributed by atoms with Gasteiger partial charge in [-0.25, -0.2) is 0 Å². The van der Waals surface area contributed by atoms with Crippen molar-refractivity contribution in [3.8, 4) is 0 Å². The van der Waals surface area contributed by atoms with Crippen molar-refractivity contribution in [2.24, 2.45) is 5.92 Å². The number of aliphatic hydroxyl groups is 4. The molecule has 0 bridgehead atoms. The molecular formula is C29H43N3O7. The molecular weight excluding hydrogens is 502 g/mol. The van der Waals surface area contributed by atoms with Gasteiger partial charge in [0.05, 0.1) is 24.8 Å². The van der Waals surface area contributed by atoms with Crippen LogP contribution in [-0.2, 0) is 26.1 Å². The molecule has 1 saturated heterocycles. The molecule has 0 saturated carbocycles. The fourth-order valence-corrected chi connectivity index (χ4v) is 5.71. The average Bonchev–Trinajstić information content (AvgIpc) is 3.34. The Kier molecular flexibility index (Phi) is 8.75. The molecule has 1 aromatic heterocycles. The quantitative estimate of drug-likeness (QED) is 0.273. The van der Waals surface area contributed by atoms with E-state index in [4.69, 9.17) is 9.47 Å². The molecule has 3 heterocycles. The van der Waals surface area contributed by atoms with E-state index in [1.54, 1.807) is 0 Å². The summed E-state index contributed by atoms with van der Waals surface area (Å²) in [6.07, 6.45) is -1.75. The number of H-pyrrole nitrogens is 1. The number of aliphatic hydroxyl groups excluding tert-OH is 4. The Morgan fingerprint density at radius 3 is 2.62 bits per heavy atom. The van der Waals surface area contributed by atoms with E-state index in [2.05, 4.69) is 61.6 Å². The third kappa shape index (κ3) is 5.46. The van der Waals surface area contributed by atoms with Crippen LogP contribution in [0.4, 0.5) is 5.69 Å². The molecule has 2 aliphatic rings. The first-order chi connectivity index (χ1) is 18.4. The second kappa shape index (κ2) is 11.6. The summed E-state index contributed by atoms with van der Waals surface area (Å²) >= 11 is 0. The van der Waals surface area contributed by atoms with Gasteiger partial charge in [0.15, 0.2) is 6.29 Å². The van der Waals surface area contributed by atoms with Gasteiger partial charge in [-0.15, -0.1) is 6.58 Å². The van der Waals surface area contributed by atoms with Crippen LogP contribution in [0, 0.1) is 5.92 Å². The zero-order valence-electron chi connectivity index (χ0n) is 23.4. The SMILES string of the molecule is C=CC(C)(C)c1ccc2c3c(c[nH]c13)C[C@@H](CO[C@H]1O[C@H](CO)[C@@H](O)[C@H](O)[C@H]1O)NC(=O)C([C@@H](C)CC)N2C. The number of carbonyl (C=O) groups excluding carboxylic acids is 1. The number of benzene rings is 1. The first kappa shape index (κ1) is 29.5. The number of allylic oxidation sites excluding steroid dienone is 1. The molecule has 10 nitrogen and oxygen atoms in total. The Morgan fingerprint density at radius 1 is 1.26 bits per heavy atom. The van der Waals surface area contributed by atoms with Crippen LogP contribution in [0.25, 0.3) is 10.9 Å². The Morgan fingerprint density at radius 2 is 1.97 bits per heavy atom. The van der Waals surface area contributed by atoms with Crippen LogP contribution >= 0.6 is 0 Å². The lowest BCUT2D eigenvalue weighted by molar-refractivity contribution is -0.302. The normalized spacial score (nSPS) is 30.8. The summed E-state index contributed by atoms with van der Waals surface area (Å²) in [6.45, 7) is 11.8. The maximum atomic E-state index is 13.7. The number of anilines is 1. The van der Waals surface area contributed by atoms with E-state index >= 15 is 0 Å². The molecule has 1 aromatic carbocycles. The summed E-state index contributed by atoms with van der Waals surface area (Å²) in [5.41, 5.74) is 3.77. The van der Waals surface area contributed by atoms with E-state index in [0.29, 0.717) is 6.42 Å². The molecule has 8 atom stereocenters. The molecule has 0 aliphatic carbocycles. The van der Waals surface area contributed by atoms with Crippen LogP contribution in [0.3, 0.4) is 0 Å². The highest BCUT2D eigenvalue weighted by atomic mass is 16.7. The molecule has 1 unspecified atom stereocenters. The average molecular weight is 546 g/mol. The molecule has 0 radical (unpaired) electrons. The van der Waals surface area contributed by atoms with Gasteiger partial charge in [-0.1, -0.05) is 46.3 Å². The van der Waals surface area contributed by atoms with Gasteiger partial charge < -0.3 is 45.1 Å². The zero-order valence-corrected chi connectivity index (χ0v) is 23.4. The molecule has 4 rings (SSSR count). The number of rotatable bonds is 8. The lowest BCUT2D eigenvalue weighted by Crippen LogP contribution is -2.60. The molecule has 2 aromatic rings. The first-order valence-electron chi connectivity index (χ1n) is 13.7. The third-order valence-electron chi connectivity index (χ3n) is 8.47. The van der Waals surface area contributed by atoms with Crippen molar-refractivity contribution in [1.82, 2.24) is 10.3 Å². The van der Waals surface area contributed by atoms with Crippen molar-refractivity contribution in [2.45, 2.75) is 88.7 Å². The lowest BCUT2D eigenvalue weighted by atomic mass is 9.83. The zero-order chi connectivity index (χ0) is 28.6. The summed E-state index contributed by atoms with van der Waals surface area (Å²) in [5.74, 6) is -0.0751. The first-order valence-corrected chi connectivity index (χ1v) is 13.7. The number of carbonyl (C=O) groups is 1. The monoisotopic (exact) mass is 545 g/mol. The van der Waals surface area contributed by atoms with Crippen LogP contribution in [0.2, 0.25) is 0 Å². The van der Waals surface area contributed by atoms with Gasteiger partial charge >= 0.3 is 0 Å². The number of hydrogen-bond donors (Lipinski definition) is 6. The Bertz CT molecular complexity index is 1180. The van der Waals surface area contributed by atoms with E-state index in [-0.39, 0.29) is 23.8 Å². The minimum Gasteiger partial charge on any atom is -0.394 e. The largest absolute Gasteiger partial charge is 0.394 e. The third-order valence-corrected chi connectivity index (χ3v) is 8.47. The number of hydrogen-bond acceptors (Lipinski definition) is 8. The lowest BCUT2D eigenvalue weighted by Gasteiger charge is -2.40. The van der Waals surface area contributed by atoms with Gasteiger partial charge in [0.25, 0.3) is 0 Å². The molecule has 2 aliphatic heterocycles. The highest BCUT2D eigenvalue weighted by Crippen LogP contribution is 2.39. The van der Waals surface area contributed by atoms with Gasteiger partial charge in [-0.2, -0.15) is 0 Å². The van der Waals surface area contributed by atoms with Crippen LogP contribution in [-0.4, -0.2) is 94.4 Å². The van der Waals surface area contributed by atoms with Crippen LogP contribution in [0.15, 0.2) is 31.0 Å². The van der Waals surface area contributed by atoms with Gasteiger partial charge in [-0.3, -0.25) is 4.79 Å². The summed E-state index contributed by atoms with van der Waals surface area (Å²) in [6, 6.07) is 3.26. The molecule has 10 heteroatoms. The maximum Gasteiger partial charge on any atom is 0.243 e. The fourth-order valence-electron chi connectivity index (χ4n) is 5.71. The van der Waals surface area contributed by atoms with Gasteiger partial charge in [-0.05, 0) is 29.5 Å². The molecule has 6 N–H and O–H groups in total. The van der Waals surface area contributed by atoms with Crippen molar-refractivity contribution in [2.75, 3.05) is 25.2 Å². The minimum atomic E-state index is -1.54. The summed E-state index contributed by atoms with van der Waals surface area (Å²) in [4.78, 5) is 19.2. The van der Waals surface area contributed by atoms with E-state index in [9.17, 15) is 25.2 Å². The highest BCUT2D eigenvalue weighted by molar-refractivity contribution is 6.00. The van der Waals surface area contributed by atoms with Gasteiger partial charge in [0.2, 0.25) is 5.91 Å². The fraction of sp³-hybridized carbons (Fsp3) is 0.621. The van der Waals surface area contributed by atoms with E-state index in [1.165, 1.54) is 0 Å². The number of likely N-dealkylation sites (N-methyl/N-ethyl adjacent to an activating group) is 1. The van der Waals surface area contributed by atoms with Crippen LogP contribution in [0.5, 0.6) is 0 Å². The summed E-state index contributed by atoms with van der Waals surface area (Å²) in [7, 11) is 1.95. The predicted octanol–water partition coefficient (Wildman–Crippen LogP) is 1.34. The number of nitrogens with zero attached hydrogens (tertiary/aromatic N) is 1. The van der Waals surface area contributed by atoms with Crippen LogP contribution < -0.4 is 10.2 Å². The smallest absolute Gasteiger partial charge is 0.243 e. The van der Waals surface area contributed by atoms with Crippen molar-refractivity contribution in [3.63, 3.8) is 0 Å². The van der Waals surface area contributed by atoms with Gasteiger partial charge in [0.1, 0.15) is 30.5 Å². The standard InChI is InChI=1S/C29H43N3O7/c1-7-15(3)23-27(37)31-17(14-38-28-26(36)25(35)24(34)20(13-33)39-28)11-16-12-30-22-18(29(4,5)8-2)9-10-19(21(16)22)32(23)6/h8-10,12,15,17,20,23-26,28,30,33-36H,2,7,11,13-14H2,1,3-6H3,(H,31,37)/t15-,17-,20+,23?,24+,25-,26+,28-/m0/s1. The molecule has 216 valence electrons. The van der Waals surface area contributed by atoms with E-state index in [0.717, 1.165) is 34.1 Å². The molecule has 1 amide bonds. The number of aromatic amines is 1. The Hall–Kier alpha value is -2.47. The molecule has 39 heavy (non-hydrogen) atoms. The van der Waals surface area contributed by atoms with Crippen molar-refractivity contribution in [1.29, 1.82) is 0 Å². The second-order valence-corrected chi connectivity index (χ2v) is 11.5. The Balaban J connectivity index is 1.72. The molecule has 1 fully saturated rings. The van der Waals surface area contributed by atoms with Crippen molar-refractivity contribution < 1.29 is 34.7 Å². The van der Waals surface area contributed by atoms with Crippen molar-refractivity contribution in [3.05, 3.63) is 42.1 Å². The van der Waals surface area contributed by atoms with Crippen molar-refractivity contribution >= 4 is 22.5 Å². The number of amides is 1. The highest BCUT2D eigenvalue weighted by Gasteiger charge is 2.44. The predicted molar refractivity (Wildman–Crippen MR) is 149 cm³/mol. The van der Waals surface area contributed by atoms with E-state index < -0.39 is 49.4 Å². The molecule has 0 spiro atoms. The summed E-state index contributed by atoms with van der Waals surface area (Å²) in [5, 5.41) is 44.4. The number of aromatic nitrogens is 1. The van der Waals surface area contributed by atoms with Crippen LogP contribution in [0.1, 0.15) is 45.2 Å².